The maximum atomic E-state index is 12.9. The minimum Gasteiger partial charge on any atom is -0.292 e. The average molecular weight is 288 g/mol. The Hall–Kier alpha value is -2.86. The van der Waals surface area contributed by atoms with Gasteiger partial charge in [-0.05, 0) is 42.7 Å². The Morgan fingerprint density at radius 3 is 2.50 bits per heavy atom. The molecule has 3 heteroatoms. The van der Waals surface area contributed by atoms with Crippen molar-refractivity contribution in [2.45, 2.75) is 19.9 Å². The molecule has 3 rings (SSSR count). The van der Waals surface area contributed by atoms with E-state index in [1.165, 1.54) is 0 Å². The fourth-order valence-electron chi connectivity index (χ4n) is 2.88. The number of hydrogen-bond acceptors (Lipinski definition) is 2. The quantitative estimate of drug-likeness (QED) is 0.793. The Kier molecular flexibility index (Phi) is 3.52. The van der Waals surface area contributed by atoms with Gasteiger partial charge in [0.15, 0.2) is 0 Å². The SMILES string of the molecule is CC1=Cc2ccccc2C(C#N)N1C(=O)c1ccccc1C. The van der Waals surface area contributed by atoms with Gasteiger partial charge in [-0.2, -0.15) is 5.26 Å². The van der Waals surface area contributed by atoms with Crippen LogP contribution in [0.1, 0.15) is 40.0 Å². The summed E-state index contributed by atoms with van der Waals surface area (Å²) < 4.78 is 0. The highest BCUT2D eigenvalue weighted by atomic mass is 16.2. The van der Waals surface area contributed by atoms with Gasteiger partial charge in [-0.1, -0.05) is 42.5 Å². The summed E-state index contributed by atoms with van der Waals surface area (Å²) in [5, 5.41) is 9.62. The molecular weight excluding hydrogens is 272 g/mol. The standard InChI is InChI=1S/C19H16N2O/c1-13-7-3-5-9-16(13)19(22)21-14(2)11-15-8-4-6-10-17(15)18(21)12-20/h3-11,18H,1-2H3. The third-order valence-corrected chi connectivity index (χ3v) is 4.01. The molecule has 0 aliphatic carbocycles. The molecule has 3 nitrogen and oxygen atoms in total. The number of nitrogens with zero attached hydrogens (tertiary/aromatic N) is 2. The minimum atomic E-state index is -0.590. The topological polar surface area (TPSA) is 44.1 Å². The number of nitriles is 1. The molecule has 2 aromatic carbocycles. The minimum absolute atomic E-state index is 0.132. The third kappa shape index (κ3) is 2.19. The molecular formula is C19H16N2O. The van der Waals surface area contributed by atoms with Gasteiger partial charge in [-0.3, -0.25) is 9.69 Å². The van der Waals surface area contributed by atoms with Gasteiger partial charge in [0.1, 0.15) is 6.04 Å². The van der Waals surface area contributed by atoms with Crippen LogP contribution >= 0.6 is 0 Å². The van der Waals surface area contributed by atoms with Crippen LogP contribution in [0.2, 0.25) is 0 Å². The third-order valence-electron chi connectivity index (χ3n) is 4.01. The number of aryl methyl sites for hydroxylation is 1. The highest BCUT2D eigenvalue weighted by molar-refractivity contribution is 5.98. The second kappa shape index (κ2) is 5.50. The summed E-state index contributed by atoms with van der Waals surface area (Å²) in [6.45, 7) is 3.78. The van der Waals surface area contributed by atoms with Crippen molar-refractivity contribution in [3.05, 3.63) is 76.5 Å². The van der Waals surface area contributed by atoms with Crippen LogP contribution in [0.15, 0.2) is 54.2 Å². The first kappa shape index (κ1) is 14.1. The van der Waals surface area contributed by atoms with E-state index < -0.39 is 6.04 Å². The maximum Gasteiger partial charge on any atom is 0.259 e. The van der Waals surface area contributed by atoms with Crippen LogP contribution in [0.4, 0.5) is 0 Å². The van der Waals surface area contributed by atoms with Crippen LogP contribution < -0.4 is 0 Å². The fourth-order valence-corrected chi connectivity index (χ4v) is 2.88. The molecule has 0 spiro atoms. The lowest BCUT2D eigenvalue weighted by Gasteiger charge is -2.33. The molecule has 1 amide bonds. The molecule has 0 saturated carbocycles. The van der Waals surface area contributed by atoms with E-state index in [9.17, 15) is 10.1 Å². The molecule has 0 fully saturated rings. The van der Waals surface area contributed by atoms with Crippen LogP contribution in [-0.4, -0.2) is 10.8 Å². The lowest BCUT2D eigenvalue weighted by Crippen LogP contribution is -2.35. The van der Waals surface area contributed by atoms with Gasteiger partial charge in [0.05, 0.1) is 6.07 Å². The monoisotopic (exact) mass is 288 g/mol. The number of carbonyl (C=O) groups excluding carboxylic acids is 1. The van der Waals surface area contributed by atoms with E-state index in [-0.39, 0.29) is 5.91 Å². The molecule has 108 valence electrons. The number of fused-ring (bicyclic) bond motifs is 1. The molecule has 0 bridgehead atoms. The van der Waals surface area contributed by atoms with Gasteiger partial charge in [0, 0.05) is 11.3 Å². The summed E-state index contributed by atoms with van der Waals surface area (Å²) in [4.78, 5) is 14.5. The zero-order valence-electron chi connectivity index (χ0n) is 12.6. The number of rotatable bonds is 1. The molecule has 0 radical (unpaired) electrons. The van der Waals surface area contributed by atoms with E-state index >= 15 is 0 Å². The summed E-state index contributed by atoms with van der Waals surface area (Å²) in [6.07, 6.45) is 1.96. The normalized spacial score (nSPS) is 16.5. The van der Waals surface area contributed by atoms with Crippen LogP contribution in [0.3, 0.4) is 0 Å². The second-order valence-corrected chi connectivity index (χ2v) is 5.44. The van der Waals surface area contributed by atoms with Crippen molar-refractivity contribution in [2.24, 2.45) is 0 Å². The zero-order chi connectivity index (χ0) is 15.7. The molecule has 1 heterocycles. The van der Waals surface area contributed by atoms with Gasteiger partial charge in [-0.25, -0.2) is 0 Å². The molecule has 0 saturated heterocycles. The smallest absolute Gasteiger partial charge is 0.259 e. The largest absolute Gasteiger partial charge is 0.292 e. The van der Waals surface area contributed by atoms with E-state index in [2.05, 4.69) is 6.07 Å². The average Bonchev–Trinajstić information content (AvgIpc) is 2.53. The predicted molar refractivity (Wildman–Crippen MR) is 85.8 cm³/mol. The number of hydrogen-bond donors (Lipinski definition) is 0. The van der Waals surface area contributed by atoms with Crippen molar-refractivity contribution in [3.8, 4) is 6.07 Å². The molecule has 0 aromatic heterocycles. The molecule has 1 aliphatic heterocycles. The fraction of sp³-hybridized carbons (Fsp3) is 0.158. The Balaban J connectivity index is 2.10. The van der Waals surface area contributed by atoms with Crippen molar-refractivity contribution in [2.75, 3.05) is 0 Å². The van der Waals surface area contributed by atoms with Gasteiger partial charge in [0.25, 0.3) is 5.91 Å². The Morgan fingerprint density at radius 2 is 1.77 bits per heavy atom. The van der Waals surface area contributed by atoms with E-state index in [4.69, 9.17) is 0 Å². The van der Waals surface area contributed by atoms with Gasteiger partial charge in [0.2, 0.25) is 0 Å². The second-order valence-electron chi connectivity index (χ2n) is 5.44. The van der Waals surface area contributed by atoms with E-state index in [0.717, 1.165) is 22.4 Å². The van der Waals surface area contributed by atoms with E-state index in [1.807, 2.05) is 62.4 Å². The summed E-state index contributed by atoms with van der Waals surface area (Å²) in [5.74, 6) is -0.132. The van der Waals surface area contributed by atoms with Gasteiger partial charge in [-0.15, -0.1) is 0 Å². The Bertz CT molecular complexity index is 814. The van der Waals surface area contributed by atoms with Crippen molar-refractivity contribution in [1.29, 1.82) is 5.26 Å². The summed E-state index contributed by atoms with van der Waals surface area (Å²) in [7, 11) is 0. The summed E-state index contributed by atoms with van der Waals surface area (Å²) in [5.41, 5.74) is 4.21. The van der Waals surface area contributed by atoms with Crippen LogP contribution in [0.25, 0.3) is 6.08 Å². The molecule has 1 atom stereocenters. The molecule has 1 aliphatic rings. The van der Waals surface area contributed by atoms with E-state index in [1.54, 1.807) is 11.0 Å². The predicted octanol–water partition coefficient (Wildman–Crippen LogP) is 4.08. The molecule has 22 heavy (non-hydrogen) atoms. The number of allylic oxidation sites excluding steroid dienone is 1. The lowest BCUT2D eigenvalue weighted by atomic mass is 9.93. The number of amides is 1. The van der Waals surface area contributed by atoms with Crippen molar-refractivity contribution in [1.82, 2.24) is 4.90 Å². The highest BCUT2D eigenvalue weighted by Gasteiger charge is 2.32. The number of benzene rings is 2. The summed E-state index contributed by atoms with van der Waals surface area (Å²) >= 11 is 0. The molecule has 0 N–H and O–H groups in total. The summed E-state index contributed by atoms with van der Waals surface area (Å²) in [6, 6.07) is 16.9. The Morgan fingerprint density at radius 1 is 1.09 bits per heavy atom. The number of carbonyl (C=O) groups is 1. The van der Waals surface area contributed by atoms with E-state index in [0.29, 0.717) is 5.56 Å². The van der Waals surface area contributed by atoms with Crippen molar-refractivity contribution < 1.29 is 4.79 Å². The Labute approximate surface area is 130 Å². The van der Waals surface area contributed by atoms with Crippen molar-refractivity contribution >= 4 is 12.0 Å². The van der Waals surface area contributed by atoms with Crippen molar-refractivity contribution in [3.63, 3.8) is 0 Å². The zero-order valence-corrected chi connectivity index (χ0v) is 12.6. The molecule has 2 aromatic rings. The van der Waals surface area contributed by atoms with Crippen LogP contribution in [-0.2, 0) is 0 Å². The lowest BCUT2D eigenvalue weighted by molar-refractivity contribution is 0.0774. The van der Waals surface area contributed by atoms with Crippen LogP contribution in [0, 0.1) is 18.3 Å². The van der Waals surface area contributed by atoms with Gasteiger partial charge < -0.3 is 0 Å². The first-order chi connectivity index (χ1) is 10.6. The first-order valence-electron chi connectivity index (χ1n) is 7.19. The molecule has 1 unspecified atom stereocenters. The van der Waals surface area contributed by atoms with Crippen LogP contribution in [0.5, 0.6) is 0 Å². The first-order valence-corrected chi connectivity index (χ1v) is 7.19. The highest BCUT2D eigenvalue weighted by Crippen LogP contribution is 2.34. The van der Waals surface area contributed by atoms with Gasteiger partial charge >= 0.3 is 0 Å². The maximum absolute atomic E-state index is 12.9.